The third-order valence-electron chi connectivity index (χ3n) is 11.2. The molecule has 268 valence electrons. The van der Waals surface area contributed by atoms with Crippen LogP contribution in [-0.4, -0.2) is 11.7 Å². The van der Waals surface area contributed by atoms with Gasteiger partial charge in [0.2, 0.25) is 0 Å². The summed E-state index contributed by atoms with van der Waals surface area (Å²) in [5.74, 6) is 1.52. The first kappa shape index (κ1) is 32.4. The minimum atomic E-state index is -0.270. The molecule has 11 aromatic rings. The third kappa shape index (κ3) is 5.40. The van der Waals surface area contributed by atoms with E-state index in [1.165, 1.54) is 45.9 Å². The van der Waals surface area contributed by atoms with Gasteiger partial charge in [-0.1, -0.05) is 127 Å². The molecular weight excluding hydrogens is 735 g/mol. The maximum absolute atomic E-state index is 6.55. The Hall–Kier alpha value is -6.86. The molecule has 3 aromatic heterocycles. The predicted octanol–water partition coefficient (Wildman–Crippen LogP) is 14.2. The van der Waals surface area contributed by atoms with Crippen molar-refractivity contribution in [3.05, 3.63) is 193 Å². The van der Waals surface area contributed by atoms with Crippen molar-refractivity contribution in [1.29, 1.82) is 0 Å². The van der Waals surface area contributed by atoms with Gasteiger partial charge in [-0.25, -0.2) is 9.98 Å². The number of nitrogens with zero attached hydrogens (tertiary/aromatic N) is 2. The van der Waals surface area contributed by atoms with E-state index in [0.717, 1.165) is 67.0 Å². The molecule has 0 amide bonds. The zero-order valence-electron chi connectivity index (χ0n) is 30.4. The summed E-state index contributed by atoms with van der Waals surface area (Å²) in [6, 6.07) is 62.7. The Bertz CT molecular complexity index is 3440. The van der Waals surface area contributed by atoms with Crippen molar-refractivity contribution in [1.82, 2.24) is 5.32 Å². The van der Waals surface area contributed by atoms with Gasteiger partial charge in [0.05, 0.1) is 0 Å². The fraction of sp³-hybridized carbons (Fsp3) is 0.0196. The van der Waals surface area contributed by atoms with E-state index in [4.69, 9.17) is 14.4 Å². The molecule has 0 spiro atoms. The van der Waals surface area contributed by atoms with Crippen molar-refractivity contribution >= 4 is 96.6 Å². The van der Waals surface area contributed by atoms with Crippen LogP contribution in [0.5, 0.6) is 0 Å². The largest absolute Gasteiger partial charge is 0.456 e. The van der Waals surface area contributed by atoms with Gasteiger partial charge < -0.3 is 9.73 Å². The summed E-state index contributed by atoms with van der Waals surface area (Å²) in [6.45, 7) is 0. The highest BCUT2D eigenvalue weighted by Crippen LogP contribution is 2.41. The van der Waals surface area contributed by atoms with Gasteiger partial charge in [0, 0.05) is 62.2 Å². The van der Waals surface area contributed by atoms with Gasteiger partial charge in [-0.3, -0.25) is 0 Å². The molecule has 6 heteroatoms. The highest BCUT2D eigenvalue weighted by molar-refractivity contribution is 7.26. The van der Waals surface area contributed by atoms with Gasteiger partial charge in [0.15, 0.2) is 5.84 Å². The Balaban J connectivity index is 0.903. The molecule has 0 bridgehead atoms. The Kier molecular flexibility index (Phi) is 7.30. The molecule has 1 unspecified atom stereocenters. The van der Waals surface area contributed by atoms with Crippen molar-refractivity contribution in [2.24, 2.45) is 9.98 Å². The second-order valence-electron chi connectivity index (χ2n) is 14.6. The first-order valence-corrected chi connectivity index (χ1v) is 20.7. The summed E-state index contributed by atoms with van der Waals surface area (Å²) >= 11 is 3.66. The molecule has 1 aliphatic rings. The summed E-state index contributed by atoms with van der Waals surface area (Å²) in [7, 11) is 0. The van der Waals surface area contributed by atoms with E-state index >= 15 is 0 Å². The van der Waals surface area contributed by atoms with Crippen LogP contribution in [0.15, 0.2) is 190 Å². The monoisotopic (exact) mass is 765 g/mol. The second kappa shape index (κ2) is 12.8. The second-order valence-corrected chi connectivity index (χ2v) is 16.7. The number of thiophene rings is 2. The summed E-state index contributed by atoms with van der Waals surface area (Å²) in [5, 5.41) is 11.0. The first-order valence-electron chi connectivity index (χ1n) is 19.1. The first-order chi connectivity index (χ1) is 28.2. The van der Waals surface area contributed by atoms with Gasteiger partial charge in [0.1, 0.15) is 23.2 Å². The lowest BCUT2D eigenvalue weighted by Gasteiger charge is -2.23. The number of hydrogen-bond donors (Lipinski definition) is 1. The maximum Gasteiger partial charge on any atom is 0.159 e. The van der Waals surface area contributed by atoms with Crippen LogP contribution in [0.1, 0.15) is 22.9 Å². The lowest BCUT2D eigenvalue weighted by Crippen LogP contribution is -2.33. The molecule has 8 aromatic carbocycles. The van der Waals surface area contributed by atoms with Crippen LogP contribution in [0.4, 0.5) is 0 Å². The molecule has 4 nitrogen and oxygen atoms in total. The molecule has 0 fully saturated rings. The molecular formula is C51H31N3OS2. The van der Waals surface area contributed by atoms with Crippen LogP contribution in [0.2, 0.25) is 0 Å². The number of benzene rings is 8. The van der Waals surface area contributed by atoms with Crippen molar-refractivity contribution in [2.45, 2.75) is 6.17 Å². The Morgan fingerprint density at radius 3 is 1.91 bits per heavy atom. The smallest absolute Gasteiger partial charge is 0.159 e. The molecule has 57 heavy (non-hydrogen) atoms. The summed E-state index contributed by atoms with van der Waals surface area (Å²) < 4.78 is 11.7. The van der Waals surface area contributed by atoms with E-state index in [1.54, 1.807) is 0 Å². The van der Waals surface area contributed by atoms with E-state index in [9.17, 15) is 0 Å². The minimum Gasteiger partial charge on any atom is -0.456 e. The quantitative estimate of drug-likeness (QED) is 0.190. The molecule has 0 saturated carbocycles. The molecule has 1 aliphatic heterocycles. The van der Waals surface area contributed by atoms with Crippen LogP contribution in [0.3, 0.4) is 0 Å². The van der Waals surface area contributed by atoms with Crippen LogP contribution in [0, 0.1) is 0 Å². The minimum absolute atomic E-state index is 0.270. The number of furan rings is 1. The molecule has 0 saturated heterocycles. The number of amidine groups is 2. The van der Waals surface area contributed by atoms with E-state index in [0.29, 0.717) is 0 Å². The van der Waals surface area contributed by atoms with Crippen LogP contribution in [-0.2, 0) is 0 Å². The average molecular weight is 766 g/mol. The van der Waals surface area contributed by atoms with E-state index in [1.807, 2.05) is 28.7 Å². The van der Waals surface area contributed by atoms with Gasteiger partial charge in [-0.2, -0.15) is 0 Å². The predicted molar refractivity (Wildman–Crippen MR) is 242 cm³/mol. The molecule has 1 N–H and O–H groups in total. The van der Waals surface area contributed by atoms with Crippen molar-refractivity contribution in [2.75, 3.05) is 0 Å². The molecule has 4 heterocycles. The lowest BCUT2D eigenvalue weighted by atomic mass is 9.97. The van der Waals surface area contributed by atoms with Gasteiger partial charge >= 0.3 is 0 Å². The number of rotatable bonds is 5. The zero-order chi connectivity index (χ0) is 37.5. The number of nitrogens with one attached hydrogen (secondary N) is 1. The van der Waals surface area contributed by atoms with Crippen molar-refractivity contribution in [3.63, 3.8) is 0 Å². The van der Waals surface area contributed by atoms with Crippen molar-refractivity contribution in [3.8, 4) is 22.3 Å². The Morgan fingerprint density at radius 2 is 1.07 bits per heavy atom. The van der Waals surface area contributed by atoms with Gasteiger partial charge in [-0.05, 0) is 76.3 Å². The van der Waals surface area contributed by atoms with Crippen LogP contribution in [0.25, 0.3) is 84.5 Å². The molecule has 1 atom stereocenters. The van der Waals surface area contributed by atoms with Crippen molar-refractivity contribution < 1.29 is 4.42 Å². The zero-order valence-corrected chi connectivity index (χ0v) is 32.1. The average Bonchev–Trinajstić information content (AvgIpc) is 3.97. The van der Waals surface area contributed by atoms with Crippen LogP contribution < -0.4 is 5.32 Å². The summed E-state index contributed by atoms with van der Waals surface area (Å²) in [4.78, 5) is 10.3. The Morgan fingerprint density at radius 1 is 0.439 bits per heavy atom. The highest BCUT2D eigenvalue weighted by atomic mass is 32.1. The summed E-state index contributed by atoms with van der Waals surface area (Å²) in [6.07, 6.45) is -0.270. The SMILES string of the molecule is c1ccc(C2N=C(c3ccc4c(c3)sc3ccccc34)N=C(c3ccc(-c4cccc5oc6cc(-c7ccc8sc9ccccc9c8c7)ccc6c45)cc3)N2)cc1. The molecule has 0 radical (unpaired) electrons. The number of hydrogen-bond acceptors (Lipinski definition) is 6. The molecule has 0 aliphatic carbocycles. The Labute approximate surface area is 335 Å². The van der Waals surface area contributed by atoms with Gasteiger partial charge in [-0.15, -0.1) is 22.7 Å². The van der Waals surface area contributed by atoms with Gasteiger partial charge in [0.25, 0.3) is 0 Å². The fourth-order valence-electron chi connectivity index (χ4n) is 8.36. The third-order valence-corrected chi connectivity index (χ3v) is 13.5. The van der Waals surface area contributed by atoms with E-state index < -0.39 is 0 Å². The maximum atomic E-state index is 6.55. The van der Waals surface area contributed by atoms with E-state index in [2.05, 4.69) is 175 Å². The fourth-order valence-corrected chi connectivity index (χ4v) is 10.6. The normalized spacial score (nSPS) is 14.5. The topological polar surface area (TPSA) is 49.9 Å². The molecule has 12 rings (SSSR count). The number of fused-ring (bicyclic) bond motifs is 9. The number of aliphatic imine (C=N–C) groups is 2. The standard InChI is InChI=1S/C51H31N3OS2/c1-2-9-31(10-3-1)49-52-50(54-51(53-49)35-22-24-39-37-11-4-6-15-44(37)57-47(39)29-35)32-19-17-30(18-20-32)36-13-8-14-42-48(36)40-25-21-34(28-43(40)55-42)33-23-26-46-41(27-33)38-12-5-7-16-45(38)56-46/h1-29,49H,(H,52,53,54). The van der Waals surface area contributed by atoms with E-state index in [-0.39, 0.29) is 6.17 Å². The lowest BCUT2D eigenvalue weighted by molar-refractivity contribution is 0.669. The summed E-state index contributed by atoms with van der Waals surface area (Å²) in [5.41, 5.74) is 9.44. The highest BCUT2D eigenvalue weighted by Gasteiger charge is 2.22. The van der Waals surface area contributed by atoms with Crippen LogP contribution >= 0.6 is 22.7 Å².